The molecule has 3 heterocycles. The third-order valence-electron chi connectivity index (χ3n) is 19.3. The van der Waals surface area contributed by atoms with Crippen LogP contribution in [0.1, 0.15) is 92.9 Å². The SMILES string of the molecule is CC1(C)C[C@H]2C3=CC[C@@H]4[C@@]5(C)CC[C@H](O)[C@@](C)(CO[C@@H]6O[C@H](CO[C@@H]7O[C@H](CO[C@@H]8OC[C@@H](O)[C@H](O)[C@H]8O)[C@@H](O)[C@H](O)[C@H]7O)[C@@H](O)[C@H](O)[C@H]6O)[C@@H]5CC[C@@]4(C)[C@]3(C)C[C@H](O)[C@@]2(CO)C[C@@H]1O. The normalized spacial score (nSPS) is 56.0. The van der Waals surface area contributed by atoms with E-state index in [9.17, 15) is 66.4 Å². The molecule has 5 aliphatic carbocycles. The largest absolute Gasteiger partial charge is 0.396 e. The van der Waals surface area contributed by atoms with Crippen LogP contribution in [0.4, 0.5) is 0 Å². The summed E-state index contributed by atoms with van der Waals surface area (Å²) in [7, 11) is 0. The highest BCUT2D eigenvalue weighted by Gasteiger charge is 2.71. The molecule has 0 radical (unpaired) electrons. The van der Waals surface area contributed by atoms with Crippen LogP contribution in [0.2, 0.25) is 0 Å². The Hall–Kier alpha value is -1.02. The van der Waals surface area contributed by atoms with Gasteiger partial charge in [-0.3, -0.25) is 0 Å². The topological polar surface area (TPSA) is 318 Å². The van der Waals surface area contributed by atoms with Gasteiger partial charge < -0.3 is 94.8 Å². The highest BCUT2D eigenvalue weighted by molar-refractivity contribution is 5.35. The lowest BCUT2D eigenvalue weighted by molar-refractivity contribution is -0.342. The number of aliphatic hydroxyl groups excluding tert-OH is 13. The number of hydrogen-bond acceptors (Lipinski definition) is 19. The fourth-order valence-corrected chi connectivity index (χ4v) is 14.7. The average Bonchev–Trinajstić information content (AvgIpc) is 3.26. The van der Waals surface area contributed by atoms with Crippen LogP contribution in [-0.2, 0) is 28.4 Å². The van der Waals surface area contributed by atoms with Gasteiger partial charge in [0.15, 0.2) is 18.9 Å². The molecule has 8 rings (SSSR count). The van der Waals surface area contributed by atoms with Crippen LogP contribution in [-0.4, -0.2) is 204 Å². The third kappa shape index (κ3) is 7.99. The monoisotopic (exact) mass is 947 g/mol. The molecule has 7 fully saturated rings. The van der Waals surface area contributed by atoms with Gasteiger partial charge in [0.2, 0.25) is 0 Å². The van der Waals surface area contributed by atoms with Crippen molar-refractivity contribution in [3.63, 3.8) is 0 Å². The average molecular weight is 947 g/mol. The zero-order chi connectivity index (χ0) is 48.3. The molecule has 0 aromatic heterocycles. The second-order valence-electron chi connectivity index (χ2n) is 23.2. The van der Waals surface area contributed by atoms with Crippen molar-refractivity contribution < 1.29 is 94.8 Å². The second-order valence-corrected chi connectivity index (χ2v) is 23.2. The summed E-state index contributed by atoms with van der Waals surface area (Å²) in [6.45, 7) is 11.4. The summed E-state index contributed by atoms with van der Waals surface area (Å²) in [6.07, 6.45) is -17.1. The van der Waals surface area contributed by atoms with E-state index in [1.807, 2.05) is 6.92 Å². The minimum absolute atomic E-state index is 0.0530. The molecule has 8 aliphatic rings. The summed E-state index contributed by atoms with van der Waals surface area (Å²) in [4.78, 5) is 0. The summed E-state index contributed by atoms with van der Waals surface area (Å²) in [5.74, 6) is 0.0210. The second kappa shape index (κ2) is 18.2. The number of allylic oxidation sites excluding steroid dienone is 2. The van der Waals surface area contributed by atoms with Gasteiger partial charge in [-0.25, -0.2) is 0 Å². The molecule has 0 amide bonds. The van der Waals surface area contributed by atoms with Gasteiger partial charge in [-0.1, -0.05) is 53.2 Å². The van der Waals surface area contributed by atoms with E-state index in [4.69, 9.17) is 28.4 Å². The molecule has 380 valence electrons. The van der Waals surface area contributed by atoms with E-state index >= 15 is 0 Å². The Morgan fingerprint density at radius 3 is 1.77 bits per heavy atom. The first-order chi connectivity index (χ1) is 30.8. The first-order valence-electron chi connectivity index (χ1n) is 24.1. The van der Waals surface area contributed by atoms with Crippen LogP contribution in [0, 0.1) is 50.2 Å². The number of fused-ring (bicyclic) bond motifs is 7. The van der Waals surface area contributed by atoms with Crippen molar-refractivity contribution in [2.45, 2.75) is 197 Å². The summed E-state index contributed by atoms with van der Waals surface area (Å²) >= 11 is 0. The van der Waals surface area contributed by atoms with Crippen molar-refractivity contribution in [2.24, 2.45) is 50.2 Å². The Kier molecular flexibility index (Phi) is 14.2. The molecular weight excluding hydrogens is 868 g/mol. The van der Waals surface area contributed by atoms with E-state index in [0.29, 0.717) is 25.7 Å². The van der Waals surface area contributed by atoms with Crippen LogP contribution in [0.3, 0.4) is 0 Å². The first kappa shape index (κ1) is 51.3. The molecule has 0 unspecified atom stereocenters. The van der Waals surface area contributed by atoms with Crippen LogP contribution < -0.4 is 0 Å². The number of rotatable bonds is 10. The van der Waals surface area contributed by atoms with Crippen molar-refractivity contribution in [2.75, 3.05) is 33.0 Å². The lowest BCUT2D eigenvalue weighted by Gasteiger charge is -2.72. The standard InChI is InChI=1S/C47H78O19/c1-42(2)13-22-21-7-8-27-43(3)11-10-28(50)44(4,26(43)9-12-45(27,5)46(21,6)14-30(52)47(22,19-48)15-29(42)51)20-64-41-38(60)35(57)33(55)25(66-41)18-63-40-37(59)34(56)32(54)24(65-40)17-62-39-36(58)31(53)23(49)16-61-39/h7,22-41,48-60H,8-20H2,1-6H3/t22-,23+,24+,25+,26+,27+,28-,29-,30-,31-,32+,33+,34-,35-,36+,37+,38+,39-,40+,41+,43-,44-,45+,46+,47+/m0/s1. The Labute approximate surface area is 386 Å². The first-order valence-corrected chi connectivity index (χ1v) is 24.1. The predicted octanol–water partition coefficient (Wildman–Crippen LogP) is -1.83. The summed E-state index contributed by atoms with van der Waals surface area (Å²) < 4.78 is 34.5. The zero-order valence-electron chi connectivity index (χ0n) is 39.1. The predicted molar refractivity (Wildman–Crippen MR) is 228 cm³/mol. The smallest absolute Gasteiger partial charge is 0.186 e. The fraction of sp³-hybridized carbons (Fsp3) is 0.957. The minimum Gasteiger partial charge on any atom is -0.396 e. The molecule has 0 spiro atoms. The molecule has 19 nitrogen and oxygen atoms in total. The van der Waals surface area contributed by atoms with Crippen molar-refractivity contribution in [1.29, 1.82) is 0 Å². The maximum Gasteiger partial charge on any atom is 0.186 e. The van der Waals surface area contributed by atoms with Gasteiger partial charge in [-0.05, 0) is 90.8 Å². The van der Waals surface area contributed by atoms with Crippen LogP contribution >= 0.6 is 0 Å². The Balaban J connectivity index is 0.948. The van der Waals surface area contributed by atoms with E-state index in [0.717, 1.165) is 25.7 Å². The molecule has 13 N–H and O–H groups in total. The van der Waals surface area contributed by atoms with Crippen LogP contribution in [0.25, 0.3) is 0 Å². The van der Waals surface area contributed by atoms with Crippen molar-refractivity contribution >= 4 is 0 Å². The molecule has 25 atom stereocenters. The summed E-state index contributed by atoms with van der Waals surface area (Å²) in [5, 5.41) is 141. The molecule has 0 bridgehead atoms. The van der Waals surface area contributed by atoms with Crippen molar-refractivity contribution in [3.8, 4) is 0 Å². The van der Waals surface area contributed by atoms with E-state index in [1.54, 1.807) is 0 Å². The van der Waals surface area contributed by atoms with Crippen LogP contribution in [0.15, 0.2) is 11.6 Å². The molecule has 66 heavy (non-hydrogen) atoms. The molecule has 3 aliphatic heterocycles. The maximum absolute atomic E-state index is 12.1. The lowest BCUT2D eigenvalue weighted by Crippen LogP contribution is -2.68. The maximum atomic E-state index is 12.1. The van der Waals surface area contributed by atoms with Gasteiger partial charge >= 0.3 is 0 Å². The van der Waals surface area contributed by atoms with Gasteiger partial charge in [0, 0.05) is 10.8 Å². The molecular formula is C47H78O19. The van der Waals surface area contributed by atoms with E-state index in [1.165, 1.54) is 5.57 Å². The molecule has 0 aromatic rings. The van der Waals surface area contributed by atoms with Gasteiger partial charge in [-0.15, -0.1) is 0 Å². The fourth-order valence-electron chi connectivity index (χ4n) is 14.7. The van der Waals surface area contributed by atoms with E-state index in [-0.39, 0.29) is 53.8 Å². The van der Waals surface area contributed by atoms with Gasteiger partial charge in [0.1, 0.15) is 67.1 Å². The van der Waals surface area contributed by atoms with Crippen LogP contribution in [0.5, 0.6) is 0 Å². The molecule has 19 heteroatoms. The van der Waals surface area contributed by atoms with E-state index < -0.39 is 134 Å². The zero-order valence-corrected chi connectivity index (χ0v) is 39.1. The Morgan fingerprint density at radius 2 is 1.17 bits per heavy atom. The minimum atomic E-state index is -1.80. The quantitative estimate of drug-likeness (QED) is 0.107. The third-order valence-corrected chi connectivity index (χ3v) is 19.3. The summed E-state index contributed by atoms with van der Waals surface area (Å²) in [5.41, 5.74) is -1.70. The highest BCUT2D eigenvalue weighted by Crippen LogP contribution is 2.75. The van der Waals surface area contributed by atoms with E-state index in [2.05, 4.69) is 40.7 Å². The highest BCUT2D eigenvalue weighted by atomic mass is 16.7. The lowest BCUT2D eigenvalue weighted by atomic mass is 9.33. The molecule has 4 saturated carbocycles. The number of ether oxygens (including phenoxy) is 6. The number of hydrogen-bond donors (Lipinski definition) is 13. The van der Waals surface area contributed by atoms with Gasteiger partial charge in [0.25, 0.3) is 0 Å². The number of aliphatic hydroxyl groups is 13. The summed E-state index contributed by atoms with van der Waals surface area (Å²) in [6, 6.07) is 0. The van der Waals surface area contributed by atoms with Crippen molar-refractivity contribution in [1.82, 2.24) is 0 Å². The van der Waals surface area contributed by atoms with Gasteiger partial charge in [-0.2, -0.15) is 0 Å². The molecule has 3 saturated heterocycles. The van der Waals surface area contributed by atoms with Crippen molar-refractivity contribution in [3.05, 3.63) is 11.6 Å². The Bertz CT molecular complexity index is 1760. The molecule has 0 aromatic carbocycles. The van der Waals surface area contributed by atoms with Gasteiger partial charge in [0.05, 0.1) is 51.3 Å². The Morgan fingerprint density at radius 1 is 0.591 bits per heavy atom.